The van der Waals surface area contributed by atoms with Gasteiger partial charge in [0.05, 0.1) is 18.5 Å². The maximum absolute atomic E-state index is 13.4. The molecule has 2 fully saturated rings. The Morgan fingerprint density at radius 2 is 1.20 bits per heavy atom. The topological polar surface area (TPSA) is 49.9 Å². The zero-order valence-corrected chi connectivity index (χ0v) is 16.4. The van der Waals surface area contributed by atoms with Crippen molar-refractivity contribution in [3.05, 3.63) is 108 Å². The Bertz CT molecular complexity index is 1040. The summed E-state index contributed by atoms with van der Waals surface area (Å²) in [6.45, 7) is 0.779. The minimum absolute atomic E-state index is 0.168. The van der Waals surface area contributed by atoms with Crippen LogP contribution in [0.3, 0.4) is 0 Å². The van der Waals surface area contributed by atoms with Gasteiger partial charge in [0.15, 0.2) is 6.10 Å². The standard InChI is InChI=1S/C25H22N2O3/c28-24-21-22(20-14-8-3-9-15-20)27(17-19-12-6-2-7-13-19)30-23(21)25(29)26(24)16-18-10-4-1-5-11-18/h1-15,21-23H,16-17H2/t21-,22-,23+/m0/s1. The number of hydrogen-bond acceptors (Lipinski definition) is 4. The molecule has 0 aliphatic carbocycles. The minimum Gasteiger partial charge on any atom is -0.284 e. The van der Waals surface area contributed by atoms with Crippen molar-refractivity contribution < 1.29 is 14.4 Å². The molecule has 5 rings (SSSR count). The van der Waals surface area contributed by atoms with Crippen LogP contribution in [0.25, 0.3) is 0 Å². The van der Waals surface area contributed by atoms with E-state index in [4.69, 9.17) is 4.84 Å². The van der Waals surface area contributed by atoms with E-state index in [1.165, 1.54) is 4.90 Å². The zero-order valence-electron chi connectivity index (χ0n) is 16.4. The minimum atomic E-state index is -0.782. The fraction of sp³-hybridized carbons (Fsp3) is 0.200. The molecule has 2 heterocycles. The van der Waals surface area contributed by atoms with Gasteiger partial charge in [-0.3, -0.25) is 19.3 Å². The summed E-state index contributed by atoms with van der Waals surface area (Å²) in [4.78, 5) is 34.0. The number of hydroxylamine groups is 2. The van der Waals surface area contributed by atoms with Gasteiger partial charge < -0.3 is 0 Å². The maximum atomic E-state index is 13.4. The SMILES string of the molecule is O=C1[C@@H]2[C@@H](ON(Cc3ccccc3)[C@H]2c2ccccc2)C(=O)N1Cc1ccccc1. The molecule has 150 valence electrons. The number of rotatable bonds is 5. The lowest BCUT2D eigenvalue weighted by Crippen LogP contribution is -2.36. The zero-order chi connectivity index (χ0) is 20.5. The molecule has 3 atom stereocenters. The molecule has 0 spiro atoms. The van der Waals surface area contributed by atoms with E-state index in [2.05, 4.69) is 0 Å². The summed E-state index contributed by atoms with van der Waals surface area (Å²) in [6, 6.07) is 29.1. The van der Waals surface area contributed by atoms with E-state index in [1.54, 1.807) is 5.06 Å². The van der Waals surface area contributed by atoms with Crippen LogP contribution in [0.1, 0.15) is 22.7 Å². The molecule has 5 heteroatoms. The number of imide groups is 1. The number of hydrogen-bond donors (Lipinski definition) is 0. The quantitative estimate of drug-likeness (QED) is 0.615. The molecule has 2 aliphatic rings. The summed E-state index contributed by atoms with van der Waals surface area (Å²) in [6.07, 6.45) is -0.782. The van der Waals surface area contributed by atoms with Gasteiger partial charge in [-0.2, -0.15) is 5.06 Å². The summed E-state index contributed by atoms with van der Waals surface area (Å²) >= 11 is 0. The average molecular weight is 398 g/mol. The Morgan fingerprint density at radius 3 is 1.80 bits per heavy atom. The molecule has 0 unspecified atom stereocenters. The summed E-state index contributed by atoms with van der Waals surface area (Å²) < 4.78 is 0. The molecule has 30 heavy (non-hydrogen) atoms. The summed E-state index contributed by atoms with van der Waals surface area (Å²) in [5.41, 5.74) is 2.97. The smallest absolute Gasteiger partial charge is 0.261 e. The third-order valence-electron chi connectivity index (χ3n) is 5.79. The highest BCUT2D eigenvalue weighted by molar-refractivity contribution is 6.07. The molecule has 3 aromatic carbocycles. The second kappa shape index (κ2) is 7.86. The van der Waals surface area contributed by atoms with Crippen LogP contribution < -0.4 is 0 Å². The molecule has 0 bridgehead atoms. The molecule has 0 N–H and O–H groups in total. The lowest BCUT2D eigenvalue weighted by molar-refractivity contribution is -0.184. The van der Waals surface area contributed by atoms with Gasteiger partial charge >= 0.3 is 0 Å². The van der Waals surface area contributed by atoms with Crippen LogP contribution in [0.5, 0.6) is 0 Å². The number of carbonyl (C=O) groups is 2. The van der Waals surface area contributed by atoms with Crippen LogP contribution in [-0.4, -0.2) is 27.9 Å². The summed E-state index contributed by atoms with van der Waals surface area (Å²) in [7, 11) is 0. The number of nitrogens with zero attached hydrogens (tertiary/aromatic N) is 2. The molecule has 5 nitrogen and oxygen atoms in total. The Kier molecular flexibility index (Phi) is 4.91. The van der Waals surface area contributed by atoms with Gasteiger partial charge in [-0.05, 0) is 16.7 Å². The first kappa shape index (κ1) is 18.7. The van der Waals surface area contributed by atoms with Crippen molar-refractivity contribution in [3.8, 4) is 0 Å². The highest BCUT2D eigenvalue weighted by Gasteiger charge is 2.59. The highest BCUT2D eigenvalue weighted by Crippen LogP contribution is 2.45. The van der Waals surface area contributed by atoms with Crippen LogP contribution in [0.4, 0.5) is 0 Å². The molecule has 0 radical (unpaired) electrons. The van der Waals surface area contributed by atoms with Gasteiger partial charge in [0.1, 0.15) is 0 Å². The number of likely N-dealkylation sites (tertiary alicyclic amines) is 1. The maximum Gasteiger partial charge on any atom is 0.261 e. The first-order chi connectivity index (χ1) is 14.7. The van der Waals surface area contributed by atoms with E-state index in [0.717, 1.165) is 16.7 Å². The van der Waals surface area contributed by atoms with Crippen molar-refractivity contribution in [2.75, 3.05) is 0 Å². The molecule has 2 aliphatic heterocycles. The molecule has 0 saturated carbocycles. The van der Waals surface area contributed by atoms with Crippen LogP contribution in [0.2, 0.25) is 0 Å². The van der Waals surface area contributed by atoms with E-state index < -0.39 is 12.0 Å². The molecule has 2 saturated heterocycles. The largest absolute Gasteiger partial charge is 0.284 e. The van der Waals surface area contributed by atoms with Crippen LogP contribution in [-0.2, 0) is 27.5 Å². The van der Waals surface area contributed by atoms with Crippen molar-refractivity contribution in [1.82, 2.24) is 9.96 Å². The van der Waals surface area contributed by atoms with Gasteiger partial charge in [0.2, 0.25) is 5.91 Å². The first-order valence-electron chi connectivity index (χ1n) is 10.1. The lowest BCUT2D eigenvalue weighted by atomic mass is 9.90. The van der Waals surface area contributed by atoms with Crippen molar-refractivity contribution in [1.29, 1.82) is 0 Å². The Morgan fingerprint density at radius 1 is 0.667 bits per heavy atom. The van der Waals surface area contributed by atoms with Crippen molar-refractivity contribution in [2.45, 2.75) is 25.2 Å². The second-order valence-corrected chi connectivity index (χ2v) is 7.72. The normalized spacial score (nSPS) is 23.7. The fourth-order valence-corrected chi connectivity index (χ4v) is 4.37. The van der Waals surface area contributed by atoms with Gasteiger partial charge in [-0.25, -0.2) is 0 Å². The number of benzene rings is 3. The van der Waals surface area contributed by atoms with Crippen molar-refractivity contribution in [3.63, 3.8) is 0 Å². The predicted octanol–water partition coefficient (Wildman–Crippen LogP) is 3.73. The van der Waals surface area contributed by atoms with Crippen molar-refractivity contribution in [2.24, 2.45) is 5.92 Å². The average Bonchev–Trinajstić information content (AvgIpc) is 3.27. The Hall–Kier alpha value is -3.28. The Labute approximate surface area is 175 Å². The van der Waals surface area contributed by atoms with E-state index in [1.807, 2.05) is 91.0 Å². The molecular weight excluding hydrogens is 376 g/mol. The van der Waals surface area contributed by atoms with Gasteiger partial charge in [-0.1, -0.05) is 91.0 Å². The first-order valence-corrected chi connectivity index (χ1v) is 10.1. The monoisotopic (exact) mass is 398 g/mol. The second-order valence-electron chi connectivity index (χ2n) is 7.72. The molecule has 2 amide bonds. The number of carbonyl (C=O) groups excluding carboxylic acids is 2. The molecular formula is C25H22N2O3. The predicted molar refractivity (Wildman–Crippen MR) is 112 cm³/mol. The van der Waals surface area contributed by atoms with E-state index in [-0.39, 0.29) is 24.4 Å². The van der Waals surface area contributed by atoms with Gasteiger partial charge in [0, 0.05) is 6.54 Å². The third-order valence-corrected chi connectivity index (χ3v) is 5.79. The van der Waals surface area contributed by atoms with Gasteiger partial charge in [-0.15, -0.1) is 0 Å². The van der Waals surface area contributed by atoms with E-state index >= 15 is 0 Å². The fourth-order valence-electron chi connectivity index (χ4n) is 4.37. The number of fused-ring (bicyclic) bond motifs is 1. The van der Waals surface area contributed by atoms with Crippen molar-refractivity contribution >= 4 is 11.8 Å². The van der Waals surface area contributed by atoms with Gasteiger partial charge in [0.25, 0.3) is 5.91 Å². The van der Waals surface area contributed by atoms with Crippen LogP contribution in [0, 0.1) is 5.92 Å². The van der Waals surface area contributed by atoms with E-state index in [0.29, 0.717) is 6.54 Å². The molecule has 0 aromatic heterocycles. The molecule has 3 aromatic rings. The Balaban J connectivity index is 1.46. The van der Waals surface area contributed by atoms with Crippen LogP contribution >= 0.6 is 0 Å². The summed E-state index contributed by atoms with van der Waals surface area (Å²) in [5, 5.41) is 1.80. The number of amides is 2. The lowest BCUT2D eigenvalue weighted by Gasteiger charge is -2.27. The van der Waals surface area contributed by atoms with E-state index in [9.17, 15) is 9.59 Å². The highest BCUT2D eigenvalue weighted by atomic mass is 16.7. The summed E-state index contributed by atoms with van der Waals surface area (Å²) in [5.74, 6) is -0.976. The van der Waals surface area contributed by atoms with Crippen LogP contribution in [0.15, 0.2) is 91.0 Å². The third kappa shape index (κ3) is 3.32.